The van der Waals surface area contributed by atoms with Gasteiger partial charge >= 0.3 is 12.5 Å². The van der Waals surface area contributed by atoms with Crippen LogP contribution >= 0.6 is 0 Å². The Balaban J connectivity index is 2.12. The highest BCUT2D eigenvalue weighted by Gasteiger charge is 2.33. The number of halogens is 3. The zero-order valence-electron chi connectivity index (χ0n) is 12.8. The molecule has 4 nitrogen and oxygen atoms in total. The lowest BCUT2D eigenvalue weighted by Crippen LogP contribution is -2.31. The fourth-order valence-corrected chi connectivity index (χ4v) is 2.15. The predicted octanol–water partition coefficient (Wildman–Crippen LogP) is 4.82. The van der Waals surface area contributed by atoms with E-state index in [4.69, 9.17) is 4.74 Å². The molecule has 0 aliphatic rings. The van der Waals surface area contributed by atoms with Crippen LogP contribution in [0.15, 0.2) is 54.6 Å². The Bertz CT molecular complexity index is 674. The first-order chi connectivity index (χ1) is 11.4. The maximum absolute atomic E-state index is 12.5. The number of nitrogens with one attached hydrogen (secondary N) is 1. The zero-order chi connectivity index (χ0) is 17.6. The lowest BCUT2D eigenvalue weighted by molar-refractivity contribution is -0.275. The monoisotopic (exact) mass is 339 g/mol. The summed E-state index contributed by atoms with van der Waals surface area (Å²) in [5, 5.41) is 2.55. The van der Waals surface area contributed by atoms with Gasteiger partial charge in [-0.3, -0.25) is 0 Å². The molecular formula is C17H16F3NO3. The number of ether oxygens (including phenoxy) is 2. The molecule has 7 heteroatoms. The summed E-state index contributed by atoms with van der Waals surface area (Å²) in [4.78, 5) is 12.0. The summed E-state index contributed by atoms with van der Waals surface area (Å²) in [7, 11) is 0. The molecule has 0 aliphatic carbocycles. The number of carbonyl (C=O) groups is 1. The molecule has 0 bridgehead atoms. The van der Waals surface area contributed by atoms with E-state index >= 15 is 0 Å². The Hall–Kier alpha value is -2.70. The average Bonchev–Trinajstić information content (AvgIpc) is 2.53. The second-order valence-corrected chi connectivity index (χ2v) is 4.89. The number of para-hydroxylation sites is 2. The molecule has 0 heterocycles. The van der Waals surface area contributed by atoms with Crippen LogP contribution in [-0.2, 0) is 0 Å². The van der Waals surface area contributed by atoms with Crippen LogP contribution in [0.1, 0.15) is 24.9 Å². The van der Waals surface area contributed by atoms with Gasteiger partial charge in [0.2, 0.25) is 0 Å². The Morgan fingerprint density at radius 2 is 1.71 bits per heavy atom. The Morgan fingerprint density at radius 1 is 1.08 bits per heavy atom. The van der Waals surface area contributed by atoms with Crippen molar-refractivity contribution < 1.29 is 27.4 Å². The van der Waals surface area contributed by atoms with Crippen molar-refractivity contribution in [1.82, 2.24) is 5.32 Å². The highest BCUT2D eigenvalue weighted by molar-refractivity contribution is 5.71. The molecule has 0 fully saturated rings. The van der Waals surface area contributed by atoms with Crippen molar-refractivity contribution in [3.8, 4) is 11.5 Å². The minimum Gasteiger partial charge on any atom is -0.410 e. The van der Waals surface area contributed by atoms with Crippen LogP contribution < -0.4 is 14.8 Å². The summed E-state index contributed by atoms with van der Waals surface area (Å²) in [6, 6.07) is 13.4. The third-order valence-corrected chi connectivity index (χ3v) is 3.17. The van der Waals surface area contributed by atoms with Gasteiger partial charge in [0.05, 0.1) is 6.04 Å². The molecule has 1 N–H and O–H groups in total. The van der Waals surface area contributed by atoms with Gasteiger partial charge < -0.3 is 14.8 Å². The summed E-state index contributed by atoms with van der Waals surface area (Å²) in [6.07, 6.45) is -5.20. The number of rotatable bonds is 5. The predicted molar refractivity (Wildman–Crippen MR) is 81.8 cm³/mol. The Kier molecular flexibility index (Phi) is 5.68. The minimum atomic E-state index is -4.81. The van der Waals surface area contributed by atoms with Crippen LogP contribution in [0, 0.1) is 0 Å². The average molecular weight is 339 g/mol. The second kappa shape index (κ2) is 7.72. The molecule has 128 valence electrons. The first-order valence-electron chi connectivity index (χ1n) is 7.27. The quantitative estimate of drug-likeness (QED) is 0.849. The first kappa shape index (κ1) is 17.7. The molecule has 0 unspecified atom stereocenters. The topological polar surface area (TPSA) is 47.6 Å². The van der Waals surface area contributed by atoms with Crippen LogP contribution in [0.3, 0.4) is 0 Å². The first-order valence-corrected chi connectivity index (χ1v) is 7.27. The number of benzene rings is 2. The molecule has 0 radical (unpaired) electrons. The van der Waals surface area contributed by atoms with Crippen molar-refractivity contribution in [2.75, 3.05) is 0 Å². The number of hydrogen-bond acceptors (Lipinski definition) is 3. The summed E-state index contributed by atoms with van der Waals surface area (Å²) < 4.78 is 46.6. The maximum Gasteiger partial charge on any atom is 0.573 e. The van der Waals surface area contributed by atoms with Crippen molar-refractivity contribution in [1.29, 1.82) is 0 Å². The molecule has 0 saturated carbocycles. The molecule has 1 amide bonds. The molecular weight excluding hydrogens is 323 g/mol. The van der Waals surface area contributed by atoms with E-state index in [1.165, 1.54) is 18.2 Å². The lowest BCUT2D eigenvalue weighted by atomic mass is 10.0. The molecule has 1 atom stereocenters. The number of amides is 1. The molecule has 0 aliphatic heterocycles. The number of carbonyl (C=O) groups excluding carboxylic acids is 1. The Morgan fingerprint density at radius 3 is 2.33 bits per heavy atom. The van der Waals surface area contributed by atoms with Crippen LogP contribution in [0.4, 0.5) is 18.0 Å². The van der Waals surface area contributed by atoms with Gasteiger partial charge in [-0.05, 0) is 24.6 Å². The summed E-state index contributed by atoms with van der Waals surface area (Å²) in [5.41, 5.74) is 0.224. The van der Waals surface area contributed by atoms with Gasteiger partial charge in [-0.25, -0.2) is 4.79 Å². The van der Waals surface area contributed by atoms with Crippen molar-refractivity contribution in [3.63, 3.8) is 0 Å². The highest BCUT2D eigenvalue weighted by atomic mass is 19.4. The van der Waals surface area contributed by atoms with Crippen LogP contribution in [0.2, 0.25) is 0 Å². The molecule has 0 saturated heterocycles. The van der Waals surface area contributed by atoms with Crippen molar-refractivity contribution in [2.24, 2.45) is 0 Å². The molecule has 2 aromatic carbocycles. The lowest BCUT2D eigenvalue weighted by Gasteiger charge is -2.21. The largest absolute Gasteiger partial charge is 0.573 e. The zero-order valence-corrected chi connectivity index (χ0v) is 12.8. The van der Waals surface area contributed by atoms with Gasteiger partial charge in [0.15, 0.2) is 0 Å². The van der Waals surface area contributed by atoms with Gasteiger partial charge in [-0.1, -0.05) is 43.3 Å². The fourth-order valence-electron chi connectivity index (χ4n) is 2.15. The van der Waals surface area contributed by atoms with E-state index in [-0.39, 0.29) is 11.3 Å². The van der Waals surface area contributed by atoms with Gasteiger partial charge in [0.25, 0.3) is 0 Å². The van der Waals surface area contributed by atoms with Crippen LogP contribution in [-0.4, -0.2) is 12.5 Å². The van der Waals surface area contributed by atoms with E-state index in [0.29, 0.717) is 12.2 Å². The van der Waals surface area contributed by atoms with E-state index < -0.39 is 18.5 Å². The fraction of sp³-hybridized carbons (Fsp3) is 0.235. The second-order valence-electron chi connectivity index (χ2n) is 4.89. The van der Waals surface area contributed by atoms with E-state index in [1.54, 1.807) is 43.3 Å². The molecule has 0 aromatic heterocycles. The van der Waals surface area contributed by atoms with Gasteiger partial charge in [-0.2, -0.15) is 0 Å². The Labute approximate surface area is 137 Å². The van der Waals surface area contributed by atoms with E-state index in [1.807, 2.05) is 0 Å². The van der Waals surface area contributed by atoms with Crippen molar-refractivity contribution in [3.05, 3.63) is 60.2 Å². The summed E-state index contributed by atoms with van der Waals surface area (Å²) >= 11 is 0. The van der Waals surface area contributed by atoms with Crippen molar-refractivity contribution in [2.45, 2.75) is 25.7 Å². The SMILES string of the molecule is CC[C@@H](NC(=O)Oc1ccccc1)c1ccccc1OC(F)(F)F. The summed E-state index contributed by atoms with van der Waals surface area (Å²) in [6.45, 7) is 1.73. The van der Waals surface area contributed by atoms with Crippen molar-refractivity contribution >= 4 is 6.09 Å². The van der Waals surface area contributed by atoms with Crippen LogP contribution in [0.5, 0.6) is 11.5 Å². The summed E-state index contributed by atoms with van der Waals surface area (Å²) in [5.74, 6) is -0.0125. The molecule has 2 aromatic rings. The van der Waals surface area contributed by atoms with E-state index in [2.05, 4.69) is 10.1 Å². The molecule has 2 rings (SSSR count). The number of hydrogen-bond donors (Lipinski definition) is 1. The smallest absolute Gasteiger partial charge is 0.410 e. The molecule has 0 spiro atoms. The van der Waals surface area contributed by atoms with Gasteiger partial charge in [-0.15, -0.1) is 13.2 Å². The molecule has 24 heavy (non-hydrogen) atoms. The van der Waals surface area contributed by atoms with Gasteiger partial charge in [0, 0.05) is 5.56 Å². The van der Waals surface area contributed by atoms with E-state index in [9.17, 15) is 18.0 Å². The minimum absolute atomic E-state index is 0.224. The highest BCUT2D eigenvalue weighted by Crippen LogP contribution is 2.31. The van der Waals surface area contributed by atoms with Crippen LogP contribution in [0.25, 0.3) is 0 Å². The third kappa shape index (κ3) is 5.19. The van der Waals surface area contributed by atoms with Gasteiger partial charge in [0.1, 0.15) is 11.5 Å². The number of alkyl halides is 3. The normalized spacial score (nSPS) is 12.3. The standard InChI is InChI=1S/C17H16F3NO3/c1-2-14(21-16(22)23-12-8-4-3-5-9-12)13-10-6-7-11-15(13)24-17(18,19)20/h3-11,14H,2H2,1H3,(H,21,22)/t14-/m1/s1. The third-order valence-electron chi connectivity index (χ3n) is 3.17. The maximum atomic E-state index is 12.5. The van der Waals surface area contributed by atoms with E-state index in [0.717, 1.165) is 0 Å².